The van der Waals surface area contributed by atoms with Gasteiger partial charge in [0, 0.05) is 5.02 Å². The van der Waals surface area contributed by atoms with Crippen molar-refractivity contribution in [3.05, 3.63) is 23.2 Å². The van der Waals surface area contributed by atoms with Crippen LogP contribution in [0, 0.1) is 0 Å². The van der Waals surface area contributed by atoms with Gasteiger partial charge in [-0.25, -0.2) is 4.79 Å². The Kier molecular flexibility index (Phi) is 2.44. The average molecular weight is 228 g/mol. The number of halogens is 1. The van der Waals surface area contributed by atoms with Crippen LogP contribution in [0.3, 0.4) is 0 Å². The average Bonchev–Trinajstić information content (AvgIpc) is 2.15. The van der Waals surface area contributed by atoms with Crippen molar-refractivity contribution >= 4 is 23.3 Å². The summed E-state index contributed by atoms with van der Waals surface area (Å²) in [6.07, 6.45) is -0.862. The van der Waals surface area contributed by atoms with E-state index in [0.29, 0.717) is 10.8 Å². The summed E-state index contributed by atoms with van der Waals surface area (Å²) in [5.74, 6) is -0.458. The summed E-state index contributed by atoms with van der Waals surface area (Å²) in [5.41, 5.74) is 0.729. The number of carboxylic acid groups (broad SMARTS) is 1. The fourth-order valence-corrected chi connectivity index (χ4v) is 1.71. The van der Waals surface area contributed by atoms with Gasteiger partial charge in [0.25, 0.3) is 0 Å². The zero-order chi connectivity index (χ0) is 11.0. The predicted molar refractivity (Wildman–Crippen MR) is 56.6 cm³/mol. The van der Waals surface area contributed by atoms with E-state index in [1.165, 1.54) is 0 Å². The highest BCUT2D eigenvalue weighted by molar-refractivity contribution is 6.30. The van der Waals surface area contributed by atoms with Crippen LogP contribution in [0.4, 0.5) is 5.69 Å². The number of benzene rings is 1. The van der Waals surface area contributed by atoms with Crippen LogP contribution in [-0.4, -0.2) is 23.2 Å². The van der Waals surface area contributed by atoms with E-state index in [-0.39, 0.29) is 6.04 Å². The molecule has 0 radical (unpaired) electrons. The minimum atomic E-state index is -0.976. The Morgan fingerprint density at radius 1 is 1.60 bits per heavy atom. The molecule has 2 rings (SSSR count). The summed E-state index contributed by atoms with van der Waals surface area (Å²) in [4.78, 5) is 10.9. The lowest BCUT2D eigenvalue weighted by Gasteiger charge is -2.30. The molecule has 80 valence electrons. The van der Waals surface area contributed by atoms with E-state index in [9.17, 15) is 4.79 Å². The van der Waals surface area contributed by atoms with Crippen molar-refractivity contribution in [1.82, 2.24) is 0 Å². The van der Waals surface area contributed by atoms with Crippen LogP contribution in [-0.2, 0) is 4.79 Å². The van der Waals surface area contributed by atoms with E-state index in [1.807, 2.05) is 0 Å². The van der Waals surface area contributed by atoms with Crippen LogP contribution in [0.15, 0.2) is 18.2 Å². The SMILES string of the molecule is CC1Nc2cc(Cl)ccc2OC1C(=O)O. The zero-order valence-electron chi connectivity index (χ0n) is 8.03. The van der Waals surface area contributed by atoms with Crippen molar-refractivity contribution in [2.24, 2.45) is 0 Å². The van der Waals surface area contributed by atoms with Gasteiger partial charge in [0.15, 0.2) is 0 Å². The van der Waals surface area contributed by atoms with Gasteiger partial charge in [0.1, 0.15) is 5.75 Å². The lowest BCUT2D eigenvalue weighted by Crippen LogP contribution is -2.44. The topological polar surface area (TPSA) is 58.6 Å². The Labute approximate surface area is 91.8 Å². The highest BCUT2D eigenvalue weighted by Gasteiger charge is 2.31. The standard InChI is InChI=1S/C10H10ClNO3/c1-5-9(10(13)14)15-8-3-2-6(11)4-7(8)12-5/h2-5,9,12H,1H3,(H,13,14). The molecule has 0 fully saturated rings. The van der Waals surface area contributed by atoms with E-state index in [1.54, 1.807) is 25.1 Å². The van der Waals surface area contributed by atoms with Crippen molar-refractivity contribution in [3.8, 4) is 5.75 Å². The number of anilines is 1. The van der Waals surface area contributed by atoms with Crippen LogP contribution in [0.1, 0.15) is 6.92 Å². The summed E-state index contributed by atoms with van der Waals surface area (Å²) in [5, 5.41) is 12.5. The molecular formula is C10H10ClNO3. The number of nitrogens with one attached hydrogen (secondary N) is 1. The molecule has 2 atom stereocenters. The van der Waals surface area contributed by atoms with Gasteiger partial charge in [-0.1, -0.05) is 11.6 Å². The smallest absolute Gasteiger partial charge is 0.347 e. The fraction of sp³-hybridized carbons (Fsp3) is 0.300. The summed E-state index contributed by atoms with van der Waals surface area (Å²) in [7, 11) is 0. The molecule has 15 heavy (non-hydrogen) atoms. The van der Waals surface area contributed by atoms with Gasteiger partial charge in [-0.2, -0.15) is 0 Å². The molecule has 0 spiro atoms. The Morgan fingerprint density at radius 2 is 2.33 bits per heavy atom. The molecule has 0 saturated carbocycles. The second-order valence-electron chi connectivity index (χ2n) is 3.45. The molecule has 2 unspecified atom stereocenters. The molecule has 1 aliphatic heterocycles. The number of rotatable bonds is 1. The summed E-state index contributed by atoms with van der Waals surface area (Å²) in [6, 6.07) is 4.75. The second kappa shape index (κ2) is 3.62. The van der Waals surface area contributed by atoms with Crippen LogP contribution in [0.5, 0.6) is 5.75 Å². The third-order valence-electron chi connectivity index (χ3n) is 2.28. The highest BCUT2D eigenvalue weighted by Crippen LogP contribution is 2.33. The Balaban J connectivity index is 2.33. The maximum absolute atomic E-state index is 10.9. The Hall–Kier alpha value is -1.42. The maximum Gasteiger partial charge on any atom is 0.347 e. The molecule has 1 aromatic carbocycles. The van der Waals surface area contributed by atoms with Crippen molar-refractivity contribution in [1.29, 1.82) is 0 Å². The second-order valence-corrected chi connectivity index (χ2v) is 3.89. The lowest BCUT2D eigenvalue weighted by molar-refractivity contribution is -0.145. The quantitative estimate of drug-likeness (QED) is 0.770. The van der Waals surface area contributed by atoms with Gasteiger partial charge in [-0.15, -0.1) is 0 Å². The van der Waals surface area contributed by atoms with Gasteiger partial charge in [0.05, 0.1) is 11.7 Å². The third kappa shape index (κ3) is 1.85. The molecular weight excluding hydrogens is 218 g/mol. The van der Waals surface area contributed by atoms with E-state index in [0.717, 1.165) is 5.69 Å². The summed E-state index contributed by atoms with van der Waals surface area (Å²) >= 11 is 5.81. The van der Waals surface area contributed by atoms with E-state index >= 15 is 0 Å². The molecule has 0 bridgehead atoms. The molecule has 0 aliphatic carbocycles. The van der Waals surface area contributed by atoms with Gasteiger partial charge in [0.2, 0.25) is 6.10 Å². The number of carboxylic acids is 1. The van der Waals surface area contributed by atoms with Gasteiger partial charge in [-0.05, 0) is 25.1 Å². The first-order chi connectivity index (χ1) is 7.08. The van der Waals surface area contributed by atoms with E-state index < -0.39 is 12.1 Å². The van der Waals surface area contributed by atoms with Crippen LogP contribution in [0.2, 0.25) is 5.02 Å². The van der Waals surface area contributed by atoms with Gasteiger partial charge >= 0.3 is 5.97 Å². The number of ether oxygens (including phenoxy) is 1. The zero-order valence-corrected chi connectivity index (χ0v) is 8.78. The number of hydrogen-bond acceptors (Lipinski definition) is 3. The van der Waals surface area contributed by atoms with Crippen molar-refractivity contribution in [3.63, 3.8) is 0 Å². The largest absolute Gasteiger partial charge is 0.478 e. The van der Waals surface area contributed by atoms with Crippen molar-refractivity contribution in [2.45, 2.75) is 19.1 Å². The minimum absolute atomic E-state index is 0.284. The van der Waals surface area contributed by atoms with E-state index in [2.05, 4.69) is 5.32 Å². The molecule has 0 aromatic heterocycles. The van der Waals surface area contributed by atoms with Crippen molar-refractivity contribution in [2.75, 3.05) is 5.32 Å². The molecule has 1 aromatic rings. The monoisotopic (exact) mass is 227 g/mol. The van der Waals surface area contributed by atoms with Crippen molar-refractivity contribution < 1.29 is 14.6 Å². The number of carbonyl (C=O) groups is 1. The first-order valence-electron chi connectivity index (χ1n) is 4.53. The molecule has 4 nitrogen and oxygen atoms in total. The number of hydrogen-bond donors (Lipinski definition) is 2. The lowest BCUT2D eigenvalue weighted by atomic mass is 10.1. The molecule has 5 heteroatoms. The number of fused-ring (bicyclic) bond motifs is 1. The highest BCUT2D eigenvalue weighted by atomic mass is 35.5. The molecule has 1 aliphatic rings. The molecule has 0 amide bonds. The Morgan fingerprint density at radius 3 is 3.00 bits per heavy atom. The number of aliphatic carboxylic acids is 1. The first kappa shape index (κ1) is 10.1. The Bertz CT molecular complexity index is 408. The first-order valence-corrected chi connectivity index (χ1v) is 4.91. The van der Waals surface area contributed by atoms with Gasteiger partial charge < -0.3 is 15.2 Å². The van der Waals surface area contributed by atoms with Gasteiger partial charge in [-0.3, -0.25) is 0 Å². The normalized spacial score (nSPS) is 23.6. The predicted octanol–water partition coefficient (Wildman–Crippen LogP) is 1.99. The summed E-state index contributed by atoms with van der Waals surface area (Å²) < 4.78 is 5.34. The van der Waals surface area contributed by atoms with Crippen LogP contribution >= 0.6 is 11.6 Å². The van der Waals surface area contributed by atoms with Crippen LogP contribution in [0.25, 0.3) is 0 Å². The van der Waals surface area contributed by atoms with Crippen LogP contribution < -0.4 is 10.1 Å². The van der Waals surface area contributed by atoms with E-state index in [4.69, 9.17) is 21.4 Å². The third-order valence-corrected chi connectivity index (χ3v) is 2.51. The maximum atomic E-state index is 10.9. The summed E-state index contributed by atoms with van der Waals surface area (Å²) in [6.45, 7) is 1.75. The fourth-order valence-electron chi connectivity index (χ4n) is 1.54. The molecule has 0 saturated heterocycles. The minimum Gasteiger partial charge on any atom is -0.478 e. The molecule has 1 heterocycles. The molecule has 2 N–H and O–H groups in total.